The maximum absolute atomic E-state index is 12.4. The van der Waals surface area contributed by atoms with Crippen molar-refractivity contribution in [3.63, 3.8) is 0 Å². The van der Waals surface area contributed by atoms with Gasteiger partial charge in [-0.2, -0.15) is 10.4 Å². The summed E-state index contributed by atoms with van der Waals surface area (Å²) in [5, 5.41) is 16.2. The number of amides is 1. The van der Waals surface area contributed by atoms with E-state index >= 15 is 0 Å². The second-order valence-corrected chi connectivity index (χ2v) is 6.88. The number of thioether (sulfide) groups is 1. The number of nitriles is 1. The van der Waals surface area contributed by atoms with Crippen molar-refractivity contribution in [2.45, 2.75) is 32.2 Å². The van der Waals surface area contributed by atoms with E-state index in [1.807, 2.05) is 42.8 Å². The quantitative estimate of drug-likeness (QED) is 0.785. The Labute approximate surface area is 147 Å². The summed E-state index contributed by atoms with van der Waals surface area (Å²) in [6, 6.07) is 11.5. The van der Waals surface area contributed by atoms with Crippen molar-refractivity contribution in [1.29, 1.82) is 5.26 Å². The van der Waals surface area contributed by atoms with Crippen LogP contribution in [0.4, 0.5) is 0 Å². The number of aryl methyl sites for hydroxylation is 2. The zero-order valence-corrected chi connectivity index (χ0v) is 15.1. The summed E-state index contributed by atoms with van der Waals surface area (Å²) in [7, 11) is 0. The first-order valence-electron chi connectivity index (χ1n) is 7.89. The Morgan fingerprint density at radius 1 is 1.42 bits per heavy atom. The van der Waals surface area contributed by atoms with E-state index in [1.54, 1.807) is 6.07 Å². The van der Waals surface area contributed by atoms with Crippen molar-refractivity contribution in [3.8, 4) is 6.07 Å². The molecule has 1 heterocycles. The fourth-order valence-corrected chi connectivity index (χ4v) is 3.18. The molecule has 0 unspecified atom stereocenters. The average molecular weight is 342 g/mol. The van der Waals surface area contributed by atoms with E-state index in [-0.39, 0.29) is 11.8 Å². The minimum atomic E-state index is -0.101. The topological polar surface area (TPSA) is 70.7 Å². The highest BCUT2D eigenvalue weighted by molar-refractivity contribution is 7.99. The van der Waals surface area contributed by atoms with Crippen LogP contribution < -0.4 is 5.32 Å². The number of carbonyl (C=O) groups excluding carboxylic acids is 1. The first-order valence-corrected chi connectivity index (χ1v) is 8.88. The average Bonchev–Trinajstić information content (AvgIpc) is 2.88. The fourth-order valence-electron chi connectivity index (χ4n) is 2.47. The zero-order valence-electron chi connectivity index (χ0n) is 14.2. The molecule has 5 nitrogen and oxygen atoms in total. The Balaban J connectivity index is 1.93. The predicted molar refractivity (Wildman–Crippen MR) is 96.0 cm³/mol. The number of carbonyl (C=O) groups is 1. The van der Waals surface area contributed by atoms with Crippen molar-refractivity contribution >= 4 is 17.7 Å². The fraction of sp³-hybridized carbons (Fsp3) is 0.389. The predicted octanol–water partition coefficient (Wildman–Crippen LogP) is 3.18. The maximum atomic E-state index is 12.4. The normalized spacial score (nSPS) is 11.8. The summed E-state index contributed by atoms with van der Waals surface area (Å²) in [5.41, 5.74) is 2.76. The molecular formula is C18H22N4OS. The second-order valence-electron chi connectivity index (χ2n) is 5.87. The monoisotopic (exact) mass is 342 g/mol. The van der Waals surface area contributed by atoms with Gasteiger partial charge in [0.25, 0.3) is 5.91 Å². The summed E-state index contributed by atoms with van der Waals surface area (Å²) in [6.07, 6.45) is 0. The van der Waals surface area contributed by atoms with Gasteiger partial charge in [-0.15, -0.1) is 11.8 Å². The van der Waals surface area contributed by atoms with E-state index in [0.29, 0.717) is 17.9 Å². The summed E-state index contributed by atoms with van der Waals surface area (Å²) in [6.45, 7) is 7.45. The molecule has 0 radical (unpaired) electrons. The molecule has 1 atom stereocenters. The minimum Gasteiger partial charge on any atom is -0.352 e. The zero-order chi connectivity index (χ0) is 17.5. The molecule has 1 amide bonds. The van der Waals surface area contributed by atoms with Crippen molar-refractivity contribution in [1.82, 2.24) is 15.1 Å². The second kappa shape index (κ2) is 8.55. The molecule has 2 rings (SSSR count). The molecule has 24 heavy (non-hydrogen) atoms. The summed E-state index contributed by atoms with van der Waals surface area (Å²) >= 11 is 1.38. The molecule has 0 fully saturated rings. The molecule has 0 aliphatic heterocycles. The van der Waals surface area contributed by atoms with Gasteiger partial charge in [0.2, 0.25) is 0 Å². The minimum absolute atomic E-state index is 0.101. The number of rotatable bonds is 7. The van der Waals surface area contributed by atoms with Crippen LogP contribution >= 0.6 is 11.8 Å². The van der Waals surface area contributed by atoms with Gasteiger partial charge in [-0.1, -0.05) is 19.1 Å². The molecule has 0 bridgehead atoms. The molecule has 1 aromatic carbocycles. The Bertz CT molecular complexity index is 748. The van der Waals surface area contributed by atoms with Crippen molar-refractivity contribution in [3.05, 3.63) is 47.3 Å². The molecule has 0 saturated carbocycles. The number of nitrogens with zero attached hydrogens (tertiary/aromatic N) is 3. The first kappa shape index (κ1) is 18.1. The van der Waals surface area contributed by atoms with Crippen molar-refractivity contribution in [2.75, 3.05) is 12.3 Å². The van der Waals surface area contributed by atoms with Gasteiger partial charge in [0.1, 0.15) is 0 Å². The highest BCUT2D eigenvalue weighted by Gasteiger charge is 2.13. The lowest BCUT2D eigenvalue weighted by Gasteiger charge is -2.15. The van der Waals surface area contributed by atoms with E-state index in [1.165, 1.54) is 11.8 Å². The number of hydrogen-bond acceptors (Lipinski definition) is 4. The largest absolute Gasteiger partial charge is 0.352 e. The smallest absolute Gasteiger partial charge is 0.252 e. The maximum Gasteiger partial charge on any atom is 0.252 e. The highest BCUT2D eigenvalue weighted by atomic mass is 32.2. The molecule has 0 aliphatic rings. The van der Waals surface area contributed by atoms with E-state index in [4.69, 9.17) is 5.26 Å². The van der Waals surface area contributed by atoms with Crippen LogP contribution in [-0.4, -0.2) is 28.0 Å². The Morgan fingerprint density at radius 3 is 2.83 bits per heavy atom. The van der Waals surface area contributed by atoms with Crippen LogP contribution in [0.5, 0.6) is 0 Å². The summed E-state index contributed by atoms with van der Waals surface area (Å²) < 4.78 is 1.98. The van der Waals surface area contributed by atoms with E-state index < -0.39 is 0 Å². The molecule has 1 N–H and O–H groups in total. The van der Waals surface area contributed by atoms with Crippen LogP contribution in [-0.2, 0) is 6.54 Å². The SMILES string of the molecule is Cc1cc(C)n(C[C@H](C)CNC(=O)c2ccccc2SCC#N)n1. The van der Waals surface area contributed by atoms with Crippen LogP contribution in [0.3, 0.4) is 0 Å². The summed E-state index contributed by atoms with van der Waals surface area (Å²) in [5.74, 6) is 0.501. The van der Waals surface area contributed by atoms with E-state index in [0.717, 1.165) is 22.8 Å². The lowest BCUT2D eigenvalue weighted by molar-refractivity contribution is 0.0943. The standard InChI is InChI=1S/C18H22N4OS/c1-13(12-22-15(3)10-14(2)21-22)11-20-18(23)16-6-4-5-7-17(16)24-9-8-19/h4-7,10,13H,9,11-12H2,1-3H3,(H,20,23)/t13-/m1/s1. The third-order valence-corrected chi connectivity index (χ3v) is 4.56. The van der Waals surface area contributed by atoms with Gasteiger partial charge >= 0.3 is 0 Å². The third kappa shape index (κ3) is 4.87. The number of aromatic nitrogens is 2. The Kier molecular flexibility index (Phi) is 6.44. The van der Waals surface area contributed by atoms with Crippen LogP contribution in [0.1, 0.15) is 28.7 Å². The molecule has 0 aliphatic carbocycles. The van der Waals surface area contributed by atoms with Crippen molar-refractivity contribution in [2.24, 2.45) is 5.92 Å². The van der Waals surface area contributed by atoms with Gasteiger partial charge in [-0.05, 0) is 38.0 Å². The van der Waals surface area contributed by atoms with Crippen molar-refractivity contribution < 1.29 is 4.79 Å². The van der Waals surface area contributed by atoms with Gasteiger partial charge in [0.05, 0.1) is 23.1 Å². The van der Waals surface area contributed by atoms with Gasteiger partial charge in [-0.25, -0.2) is 0 Å². The van der Waals surface area contributed by atoms with Crippen LogP contribution in [0, 0.1) is 31.1 Å². The molecule has 126 valence electrons. The van der Waals surface area contributed by atoms with Gasteiger partial charge < -0.3 is 5.32 Å². The number of benzene rings is 1. The van der Waals surface area contributed by atoms with Gasteiger partial charge in [0, 0.05) is 23.7 Å². The van der Waals surface area contributed by atoms with E-state index in [2.05, 4.69) is 23.4 Å². The molecule has 0 spiro atoms. The Hall–Kier alpha value is -2.26. The Morgan fingerprint density at radius 2 is 2.17 bits per heavy atom. The van der Waals surface area contributed by atoms with E-state index in [9.17, 15) is 4.79 Å². The van der Waals surface area contributed by atoms with Crippen LogP contribution in [0.2, 0.25) is 0 Å². The highest BCUT2D eigenvalue weighted by Crippen LogP contribution is 2.22. The lowest BCUT2D eigenvalue weighted by Crippen LogP contribution is -2.30. The molecule has 2 aromatic rings. The number of nitrogens with one attached hydrogen (secondary N) is 1. The molecule has 0 saturated heterocycles. The number of hydrogen-bond donors (Lipinski definition) is 1. The lowest BCUT2D eigenvalue weighted by atomic mass is 10.1. The summed E-state index contributed by atoms with van der Waals surface area (Å²) in [4.78, 5) is 13.3. The first-order chi connectivity index (χ1) is 11.5. The molecule has 6 heteroatoms. The molecular weight excluding hydrogens is 320 g/mol. The molecule has 1 aromatic heterocycles. The van der Waals surface area contributed by atoms with Gasteiger partial charge in [-0.3, -0.25) is 9.48 Å². The van der Waals surface area contributed by atoms with Gasteiger partial charge in [0.15, 0.2) is 0 Å². The van der Waals surface area contributed by atoms with Crippen LogP contribution in [0.15, 0.2) is 35.2 Å². The third-order valence-electron chi connectivity index (χ3n) is 3.62. The van der Waals surface area contributed by atoms with Crippen LogP contribution in [0.25, 0.3) is 0 Å².